The molecule has 1 aliphatic carbocycles. The van der Waals surface area contributed by atoms with Crippen LogP contribution in [-0.4, -0.2) is 80.6 Å². The zero-order chi connectivity index (χ0) is 14.3. The van der Waals surface area contributed by atoms with E-state index in [9.17, 15) is 9.59 Å². The number of hydrogen-bond acceptors (Lipinski definition) is 6. The van der Waals surface area contributed by atoms with Gasteiger partial charge >= 0.3 is 0 Å². The second kappa shape index (κ2) is 4.97. The molecule has 0 aromatic carbocycles. The quantitative estimate of drug-likeness (QED) is 0.363. The van der Waals surface area contributed by atoms with Gasteiger partial charge in [0.25, 0.3) is 0 Å². The van der Waals surface area contributed by atoms with Crippen LogP contribution in [0, 0.1) is 0 Å². The molecule has 0 spiro atoms. The third kappa shape index (κ3) is 2.45. The highest BCUT2D eigenvalue weighted by molar-refractivity contribution is 6.22. The first kappa shape index (κ1) is 13.2. The molecule has 0 bridgehead atoms. The van der Waals surface area contributed by atoms with E-state index in [2.05, 4.69) is 5.23 Å². The molecule has 3 heterocycles. The van der Waals surface area contributed by atoms with E-state index in [0.29, 0.717) is 17.1 Å². The molecule has 7 heteroatoms. The second-order valence-electron chi connectivity index (χ2n) is 5.38. The van der Waals surface area contributed by atoms with E-state index in [1.807, 2.05) is 29.7 Å². The van der Waals surface area contributed by atoms with E-state index in [-0.39, 0.29) is 11.6 Å². The topological polar surface area (TPSA) is 55.2 Å². The highest BCUT2D eigenvalue weighted by Gasteiger charge is 2.43. The minimum atomic E-state index is 0.00546. The van der Waals surface area contributed by atoms with Crippen molar-refractivity contribution < 1.29 is 9.59 Å². The Morgan fingerprint density at radius 3 is 1.85 bits per heavy atom. The summed E-state index contributed by atoms with van der Waals surface area (Å²) in [4.78, 5) is 30.5. The Balaban J connectivity index is 0.000000373. The normalized spacial score (nSPS) is 23.4. The summed E-state index contributed by atoms with van der Waals surface area (Å²) in [7, 11) is 3.75. The van der Waals surface area contributed by atoms with Crippen molar-refractivity contribution >= 4 is 19.5 Å². The van der Waals surface area contributed by atoms with E-state index in [1.165, 1.54) is 6.08 Å². The van der Waals surface area contributed by atoms with Crippen molar-refractivity contribution in [2.75, 3.05) is 46.3 Å². The van der Waals surface area contributed by atoms with Crippen molar-refractivity contribution in [3.05, 3.63) is 23.2 Å². The van der Waals surface area contributed by atoms with E-state index < -0.39 is 0 Å². The summed E-state index contributed by atoms with van der Waals surface area (Å²) in [6.07, 6.45) is 1.52. The molecule has 3 saturated heterocycles. The maximum Gasteiger partial charge on any atom is 0.227 e. The van der Waals surface area contributed by atoms with Crippen LogP contribution in [-0.2, 0) is 9.59 Å². The van der Waals surface area contributed by atoms with Gasteiger partial charge in [-0.15, -0.1) is 0 Å². The molecule has 106 valence electrons. The fraction of sp³-hybridized carbons (Fsp3) is 0.538. The average Bonchev–Trinajstić information content (AvgIpc) is 3.28. The Kier molecular flexibility index (Phi) is 3.29. The SMILES string of the molecule is BNC.O=C1C=C(N2CC2)C(=O)C(N2CC2)=C1N1CC1. The lowest BCUT2D eigenvalue weighted by molar-refractivity contribution is -0.117. The van der Waals surface area contributed by atoms with Crippen LogP contribution in [0.15, 0.2) is 23.2 Å². The molecule has 1 N–H and O–H groups in total. The first-order valence-electron chi connectivity index (χ1n) is 7.05. The lowest BCUT2D eigenvalue weighted by atomic mass is 10.0. The van der Waals surface area contributed by atoms with Gasteiger partial charge in [0.05, 0.1) is 5.70 Å². The van der Waals surface area contributed by atoms with Crippen LogP contribution in [0.5, 0.6) is 0 Å². The van der Waals surface area contributed by atoms with E-state index in [4.69, 9.17) is 0 Å². The maximum atomic E-state index is 12.4. The lowest BCUT2D eigenvalue weighted by Crippen LogP contribution is -2.29. The van der Waals surface area contributed by atoms with Crippen LogP contribution >= 0.6 is 0 Å². The Morgan fingerprint density at radius 2 is 1.40 bits per heavy atom. The van der Waals surface area contributed by atoms with Gasteiger partial charge < -0.3 is 19.9 Å². The van der Waals surface area contributed by atoms with Gasteiger partial charge in [-0.3, -0.25) is 9.59 Å². The molecule has 3 aliphatic heterocycles. The molecule has 0 unspecified atom stereocenters. The Bertz CT molecular complexity index is 516. The standard InChI is InChI=1S/C12H13N3O2.CH6BN/c16-9-7-8(13-1-2-13)12(17)11(15-5-6-15)10(9)14-3-4-14;1-3-2/h7H,1-6H2;3H,2H2,1H3. The smallest absolute Gasteiger partial charge is 0.227 e. The molecule has 0 amide bonds. The van der Waals surface area contributed by atoms with Crippen LogP contribution in [0.2, 0.25) is 0 Å². The van der Waals surface area contributed by atoms with Gasteiger partial charge in [-0.2, -0.15) is 0 Å². The predicted molar refractivity (Wildman–Crippen MR) is 77.4 cm³/mol. The number of ketones is 2. The first-order valence-corrected chi connectivity index (χ1v) is 7.05. The molecular formula is C13H19BN4O2. The highest BCUT2D eigenvalue weighted by Crippen LogP contribution is 2.33. The molecule has 0 aromatic heterocycles. The zero-order valence-corrected chi connectivity index (χ0v) is 12.0. The van der Waals surface area contributed by atoms with Gasteiger partial charge in [0.1, 0.15) is 11.4 Å². The maximum absolute atomic E-state index is 12.4. The first-order chi connectivity index (χ1) is 9.67. The van der Waals surface area contributed by atoms with Gasteiger partial charge in [-0.25, -0.2) is 0 Å². The zero-order valence-electron chi connectivity index (χ0n) is 12.0. The van der Waals surface area contributed by atoms with Gasteiger partial charge in [0.15, 0.2) is 7.98 Å². The summed E-state index contributed by atoms with van der Waals surface area (Å²) < 4.78 is 0. The van der Waals surface area contributed by atoms with Crippen molar-refractivity contribution in [3.8, 4) is 0 Å². The molecule has 0 atom stereocenters. The van der Waals surface area contributed by atoms with Gasteiger partial charge in [-0.1, -0.05) is 0 Å². The van der Waals surface area contributed by atoms with E-state index >= 15 is 0 Å². The number of Topliss-reactive ketones (excluding diaryl/α,β-unsaturated/α-hetero) is 1. The van der Waals surface area contributed by atoms with Crippen molar-refractivity contribution in [2.24, 2.45) is 0 Å². The summed E-state index contributed by atoms with van der Waals surface area (Å²) in [5, 5.41) is 2.75. The fourth-order valence-corrected chi connectivity index (χ4v) is 2.28. The van der Waals surface area contributed by atoms with Crippen LogP contribution in [0.25, 0.3) is 0 Å². The molecule has 0 saturated carbocycles. The molecule has 0 radical (unpaired) electrons. The summed E-state index contributed by atoms with van der Waals surface area (Å²) in [5.74, 6) is 0.0485. The number of hydrogen-bond donors (Lipinski definition) is 1. The van der Waals surface area contributed by atoms with Gasteiger partial charge in [-0.05, 0) is 7.05 Å². The molecule has 4 aliphatic rings. The highest BCUT2D eigenvalue weighted by atomic mass is 16.1. The van der Waals surface area contributed by atoms with Crippen molar-refractivity contribution in [3.63, 3.8) is 0 Å². The molecule has 6 nitrogen and oxygen atoms in total. The van der Waals surface area contributed by atoms with Crippen molar-refractivity contribution in [1.29, 1.82) is 0 Å². The largest absolute Gasteiger partial charge is 0.365 e. The summed E-state index contributed by atoms with van der Waals surface area (Å²) in [6, 6.07) is 0. The van der Waals surface area contributed by atoms with Crippen molar-refractivity contribution in [2.45, 2.75) is 0 Å². The third-order valence-corrected chi connectivity index (χ3v) is 3.49. The van der Waals surface area contributed by atoms with E-state index in [0.717, 1.165) is 39.3 Å². The van der Waals surface area contributed by atoms with Crippen LogP contribution in [0.4, 0.5) is 0 Å². The average molecular weight is 274 g/mol. The van der Waals surface area contributed by atoms with Crippen LogP contribution in [0.3, 0.4) is 0 Å². The third-order valence-electron chi connectivity index (χ3n) is 3.49. The number of carbonyl (C=O) groups excluding carboxylic acids is 2. The van der Waals surface area contributed by atoms with Crippen LogP contribution in [0.1, 0.15) is 0 Å². The molecule has 3 fully saturated rings. The minimum Gasteiger partial charge on any atom is -0.365 e. The van der Waals surface area contributed by atoms with Gasteiger partial charge in [0, 0.05) is 45.3 Å². The number of allylic oxidation sites excluding steroid dienone is 1. The van der Waals surface area contributed by atoms with Crippen LogP contribution < -0.4 is 5.23 Å². The molecular weight excluding hydrogens is 255 g/mol. The monoisotopic (exact) mass is 274 g/mol. The Morgan fingerprint density at radius 1 is 0.950 bits per heavy atom. The summed E-state index contributed by atoms with van der Waals surface area (Å²) in [5.41, 5.74) is 1.89. The number of carbonyl (C=O) groups is 2. The summed E-state index contributed by atoms with van der Waals surface area (Å²) >= 11 is 0. The van der Waals surface area contributed by atoms with E-state index in [1.54, 1.807) is 0 Å². The van der Waals surface area contributed by atoms with Gasteiger partial charge in [0.2, 0.25) is 11.6 Å². The molecule has 4 rings (SSSR count). The summed E-state index contributed by atoms with van der Waals surface area (Å²) in [6.45, 7) is 5.41. The number of nitrogens with zero attached hydrogens (tertiary/aromatic N) is 3. The lowest BCUT2D eigenvalue weighted by Gasteiger charge is -2.21. The fourth-order valence-electron chi connectivity index (χ4n) is 2.28. The van der Waals surface area contributed by atoms with Crippen molar-refractivity contribution in [1.82, 2.24) is 19.9 Å². The minimum absolute atomic E-state index is 0.00546. The second-order valence-corrected chi connectivity index (χ2v) is 5.38. The number of rotatable bonds is 3. The molecule has 20 heavy (non-hydrogen) atoms. The molecule has 0 aromatic rings. The Hall–Kier alpha value is -1.76. The predicted octanol–water partition coefficient (Wildman–Crippen LogP) is -2.07. The Labute approximate surface area is 119 Å². The number of nitrogens with one attached hydrogen (secondary N) is 1.